The van der Waals surface area contributed by atoms with E-state index < -0.39 is 12.4 Å². The molecule has 2 aromatic rings. The fourth-order valence-corrected chi connectivity index (χ4v) is 1.85. The number of aryl methyl sites for hydroxylation is 2. The van der Waals surface area contributed by atoms with Gasteiger partial charge in [0.05, 0.1) is 12.2 Å². The van der Waals surface area contributed by atoms with Crippen molar-refractivity contribution in [1.29, 1.82) is 0 Å². The molecule has 1 aromatic carbocycles. The summed E-state index contributed by atoms with van der Waals surface area (Å²) in [5.74, 6) is 0. The summed E-state index contributed by atoms with van der Waals surface area (Å²) in [4.78, 5) is 0. The highest BCUT2D eigenvalue weighted by Crippen LogP contribution is 2.11. The van der Waals surface area contributed by atoms with Crippen LogP contribution in [0.15, 0.2) is 30.3 Å². The molecule has 0 radical (unpaired) electrons. The smallest absolute Gasteiger partial charge is 0.445 e. The first-order valence-electron chi connectivity index (χ1n) is 5.66. The van der Waals surface area contributed by atoms with Gasteiger partial charge in [-0.15, -0.1) is 5.46 Å². The molecule has 0 amide bonds. The number of aromatic nitrogens is 2. The van der Waals surface area contributed by atoms with E-state index in [0.717, 1.165) is 29.1 Å². The van der Waals surface area contributed by atoms with Crippen molar-refractivity contribution in [2.45, 2.75) is 20.4 Å². The van der Waals surface area contributed by atoms with E-state index in [-0.39, 0.29) is 0 Å². The van der Waals surface area contributed by atoms with Crippen LogP contribution in [0.5, 0.6) is 0 Å². The summed E-state index contributed by atoms with van der Waals surface area (Å²) in [6.07, 6.45) is 0. The molecule has 0 aliphatic rings. The van der Waals surface area contributed by atoms with Crippen molar-refractivity contribution in [1.82, 2.24) is 9.78 Å². The lowest BCUT2D eigenvalue weighted by atomic mass is 9.80. The van der Waals surface area contributed by atoms with Gasteiger partial charge in [-0.3, -0.25) is 4.68 Å². The lowest BCUT2D eigenvalue weighted by Crippen LogP contribution is -2.33. The molecular weight excluding hydrogens is 240 g/mol. The lowest BCUT2D eigenvalue weighted by Gasteiger charge is -2.15. The third-order valence-corrected chi connectivity index (χ3v) is 2.79. The maximum absolute atomic E-state index is 12.5. The summed E-state index contributed by atoms with van der Waals surface area (Å²) in [7, 11) is 0. The van der Waals surface area contributed by atoms with E-state index >= 15 is 0 Å². The van der Waals surface area contributed by atoms with Crippen LogP contribution >= 0.6 is 0 Å². The number of hydrogen-bond acceptors (Lipinski definition) is 1. The van der Waals surface area contributed by atoms with E-state index in [9.17, 15) is 12.9 Å². The van der Waals surface area contributed by atoms with Crippen molar-refractivity contribution < 1.29 is 12.9 Å². The van der Waals surface area contributed by atoms with Crippen molar-refractivity contribution in [3.8, 4) is 0 Å². The fourth-order valence-electron chi connectivity index (χ4n) is 1.85. The minimum Gasteiger partial charge on any atom is -0.445 e. The van der Waals surface area contributed by atoms with Crippen LogP contribution in [0.4, 0.5) is 12.9 Å². The van der Waals surface area contributed by atoms with Crippen LogP contribution in [0.1, 0.15) is 17.0 Å². The summed E-state index contributed by atoms with van der Waals surface area (Å²) in [5, 5.41) is 4.28. The highest BCUT2D eigenvalue weighted by molar-refractivity contribution is 6.73. The highest BCUT2D eigenvalue weighted by atomic mass is 19.4. The molecule has 0 spiro atoms. The second kappa shape index (κ2) is 4.51. The first kappa shape index (κ1) is 12.7. The summed E-state index contributed by atoms with van der Waals surface area (Å²) in [5.41, 5.74) is 2.15. The number of rotatable bonds is 3. The van der Waals surface area contributed by atoms with Gasteiger partial charge in [0.2, 0.25) is 0 Å². The Morgan fingerprint density at radius 2 is 1.72 bits per heavy atom. The second-order valence-electron chi connectivity index (χ2n) is 4.40. The van der Waals surface area contributed by atoms with Gasteiger partial charge in [0.1, 0.15) is 0 Å². The van der Waals surface area contributed by atoms with Crippen molar-refractivity contribution in [3.05, 3.63) is 47.3 Å². The van der Waals surface area contributed by atoms with Gasteiger partial charge in [-0.1, -0.05) is 24.3 Å². The molecule has 2 nitrogen and oxygen atoms in total. The summed E-state index contributed by atoms with van der Waals surface area (Å²) < 4.78 is 39.2. The average Bonchev–Trinajstić information content (AvgIpc) is 2.57. The quantitative estimate of drug-likeness (QED) is 0.769. The maximum Gasteiger partial charge on any atom is 0.509 e. The Morgan fingerprint density at radius 1 is 1.11 bits per heavy atom. The molecule has 0 aliphatic heterocycles. The summed E-state index contributed by atoms with van der Waals surface area (Å²) in [6.45, 7) is -0.607. The van der Waals surface area contributed by atoms with Crippen LogP contribution in [-0.2, 0) is 6.54 Å². The SMILES string of the molecule is Cc1cc(C)n(Cc2ccc([B-](F)(F)F)cc2)n1. The van der Waals surface area contributed by atoms with Gasteiger partial charge in [0.25, 0.3) is 0 Å². The number of benzene rings is 1. The Balaban J connectivity index is 2.18. The van der Waals surface area contributed by atoms with Gasteiger partial charge in [0, 0.05) is 5.69 Å². The van der Waals surface area contributed by atoms with Gasteiger partial charge < -0.3 is 12.9 Å². The molecule has 0 aliphatic carbocycles. The monoisotopic (exact) mass is 253 g/mol. The molecule has 18 heavy (non-hydrogen) atoms. The molecule has 0 fully saturated rings. The topological polar surface area (TPSA) is 17.8 Å². The van der Waals surface area contributed by atoms with Crippen LogP contribution in [-0.4, -0.2) is 16.8 Å². The van der Waals surface area contributed by atoms with Crippen LogP contribution < -0.4 is 5.46 Å². The Hall–Kier alpha value is -1.72. The van der Waals surface area contributed by atoms with Gasteiger partial charge in [-0.25, -0.2) is 0 Å². The summed E-state index contributed by atoms with van der Waals surface area (Å²) in [6, 6.07) is 7.19. The minimum absolute atomic E-state index is 0.491. The molecule has 0 atom stereocenters. The molecule has 0 bridgehead atoms. The van der Waals surface area contributed by atoms with Crippen LogP contribution in [0.3, 0.4) is 0 Å². The number of hydrogen-bond donors (Lipinski definition) is 0. The van der Waals surface area contributed by atoms with Crippen molar-refractivity contribution in [2.75, 3.05) is 0 Å². The molecule has 6 heteroatoms. The van der Waals surface area contributed by atoms with Crippen LogP contribution in [0.25, 0.3) is 0 Å². The Labute approximate surface area is 103 Å². The molecule has 96 valence electrons. The standard InChI is InChI=1S/C12H13BF3N2/c1-9-7-10(2)18(17-9)8-11-3-5-12(6-4-11)13(14,15)16/h3-7H,8H2,1-2H3/q-1. The Bertz CT molecular complexity index is 543. The van der Waals surface area contributed by atoms with E-state index in [4.69, 9.17) is 0 Å². The van der Waals surface area contributed by atoms with E-state index in [2.05, 4.69) is 5.10 Å². The van der Waals surface area contributed by atoms with Gasteiger partial charge in [0.15, 0.2) is 0 Å². The maximum atomic E-state index is 12.5. The highest BCUT2D eigenvalue weighted by Gasteiger charge is 2.24. The van der Waals surface area contributed by atoms with E-state index in [1.54, 1.807) is 4.68 Å². The molecule has 1 heterocycles. The predicted molar refractivity (Wildman–Crippen MR) is 66.0 cm³/mol. The average molecular weight is 253 g/mol. The zero-order chi connectivity index (χ0) is 13.3. The van der Waals surface area contributed by atoms with Crippen molar-refractivity contribution >= 4 is 12.4 Å². The molecule has 0 unspecified atom stereocenters. The largest absolute Gasteiger partial charge is 0.509 e. The molecule has 0 N–H and O–H groups in total. The third-order valence-electron chi connectivity index (χ3n) is 2.79. The van der Waals surface area contributed by atoms with Crippen LogP contribution in [0.2, 0.25) is 0 Å². The Morgan fingerprint density at radius 3 is 2.17 bits per heavy atom. The predicted octanol–water partition coefficient (Wildman–Crippen LogP) is 2.60. The number of halogens is 3. The summed E-state index contributed by atoms with van der Waals surface area (Å²) >= 11 is 0. The van der Waals surface area contributed by atoms with E-state index in [0.29, 0.717) is 6.54 Å². The number of nitrogens with zero attached hydrogens (tertiary/aromatic N) is 2. The third kappa shape index (κ3) is 2.75. The van der Waals surface area contributed by atoms with Gasteiger partial charge >= 0.3 is 6.98 Å². The van der Waals surface area contributed by atoms with Crippen molar-refractivity contribution in [2.24, 2.45) is 0 Å². The Kier molecular flexibility index (Phi) is 3.19. The zero-order valence-corrected chi connectivity index (χ0v) is 10.2. The minimum atomic E-state index is -4.91. The van der Waals surface area contributed by atoms with E-state index in [1.807, 2.05) is 19.9 Å². The second-order valence-corrected chi connectivity index (χ2v) is 4.40. The van der Waals surface area contributed by atoms with Crippen molar-refractivity contribution in [3.63, 3.8) is 0 Å². The zero-order valence-electron chi connectivity index (χ0n) is 10.2. The van der Waals surface area contributed by atoms with Crippen LogP contribution in [0, 0.1) is 13.8 Å². The normalized spacial score (nSPS) is 11.8. The first-order chi connectivity index (χ1) is 8.36. The van der Waals surface area contributed by atoms with E-state index in [1.165, 1.54) is 12.1 Å². The molecule has 0 saturated carbocycles. The molecular formula is C12H13BF3N2-. The van der Waals surface area contributed by atoms with Gasteiger partial charge in [-0.05, 0) is 25.5 Å². The van der Waals surface area contributed by atoms with Gasteiger partial charge in [-0.2, -0.15) is 5.10 Å². The molecule has 2 rings (SSSR count). The molecule has 0 saturated heterocycles. The lowest BCUT2D eigenvalue weighted by molar-refractivity contribution is 0.501. The molecule has 1 aromatic heterocycles. The first-order valence-corrected chi connectivity index (χ1v) is 5.66. The fraction of sp³-hybridized carbons (Fsp3) is 0.250.